The first-order valence-corrected chi connectivity index (χ1v) is 5.97. The number of nitrogen functional groups attached to an aromatic ring is 1. The van der Waals surface area contributed by atoms with Gasteiger partial charge in [0.25, 0.3) is 0 Å². The van der Waals surface area contributed by atoms with Gasteiger partial charge in [-0.25, -0.2) is 0 Å². The van der Waals surface area contributed by atoms with Crippen molar-refractivity contribution in [3.63, 3.8) is 0 Å². The minimum atomic E-state index is -1.51. The molecule has 0 unspecified atom stereocenters. The van der Waals surface area contributed by atoms with Gasteiger partial charge in [-0.15, -0.1) is 0 Å². The summed E-state index contributed by atoms with van der Waals surface area (Å²) in [5, 5.41) is 18.6. The second-order valence-corrected chi connectivity index (χ2v) is 4.64. The van der Waals surface area contributed by atoms with Crippen LogP contribution in [-0.2, 0) is 0 Å². The lowest BCUT2D eigenvalue weighted by Gasteiger charge is -2.11. The van der Waals surface area contributed by atoms with Crippen molar-refractivity contribution in [2.45, 2.75) is 9.79 Å². The lowest BCUT2D eigenvalue weighted by atomic mass is 9.80. The molecule has 0 aliphatic carbocycles. The quantitative estimate of drug-likeness (QED) is 0.559. The summed E-state index contributed by atoms with van der Waals surface area (Å²) < 4.78 is 0. The van der Waals surface area contributed by atoms with Gasteiger partial charge in [0.1, 0.15) is 0 Å². The third-order valence-corrected chi connectivity index (χ3v) is 3.50. The van der Waals surface area contributed by atoms with E-state index in [9.17, 15) is 10.0 Å². The summed E-state index contributed by atoms with van der Waals surface area (Å²) >= 11 is 1.42. The first-order valence-electron chi connectivity index (χ1n) is 5.16. The van der Waals surface area contributed by atoms with Gasteiger partial charge in [0, 0.05) is 15.5 Å². The normalized spacial score (nSPS) is 10.2. The van der Waals surface area contributed by atoms with Crippen LogP contribution in [0, 0.1) is 0 Å². The summed E-state index contributed by atoms with van der Waals surface area (Å²) in [6.45, 7) is 0. The maximum absolute atomic E-state index is 9.29. The van der Waals surface area contributed by atoms with Gasteiger partial charge < -0.3 is 15.8 Å². The third kappa shape index (κ3) is 2.82. The van der Waals surface area contributed by atoms with E-state index in [0.717, 1.165) is 4.90 Å². The van der Waals surface area contributed by atoms with E-state index in [1.807, 2.05) is 30.3 Å². The van der Waals surface area contributed by atoms with E-state index in [4.69, 9.17) is 5.73 Å². The van der Waals surface area contributed by atoms with Crippen LogP contribution in [0.1, 0.15) is 0 Å². The fourth-order valence-electron chi connectivity index (χ4n) is 1.50. The second kappa shape index (κ2) is 5.27. The van der Waals surface area contributed by atoms with Gasteiger partial charge in [0.2, 0.25) is 0 Å². The largest absolute Gasteiger partial charge is 0.489 e. The lowest BCUT2D eigenvalue weighted by molar-refractivity contribution is 0.425. The summed E-state index contributed by atoms with van der Waals surface area (Å²) in [6, 6.07) is 14.8. The molecule has 2 aromatic rings. The summed E-state index contributed by atoms with van der Waals surface area (Å²) in [6.07, 6.45) is 0. The number of nitrogens with two attached hydrogens (primary N) is 1. The molecule has 86 valence electrons. The van der Waals surface area contributed by atoms with Crippen LogP contribution in [0.4, 0.5) is 5.69 Å². The number of anilines is 1. The van der Waals surface area contributed by atoms with E-state index in [1.165, 1.54) is 11.8 Å². The van der Waals surface area contributed by atoms with Crippen LogP contribution in [0.25, 0.3) is 0 Å². The predicted molar refractivity (Wildman–Crippen MR) is 71.2 cm³/mol. The molecule has 0 fully saturated rings. The summed E-state index contributed by atoms with van der Waals surface area (Å²) in [7, 11) is -1.51. The van der Waals surface area contributed by atoms with Crippen molar-refractivity contribution >= 4 is 30.0 Å². The van der Waals surface area contributed by atoms with Gasteiger partial charge in [0.05, 0.1) is 0 Å². The van der Waals surface area contributed by atoms with E-state index < -0.39 is 7.12 Å². The van der Waals surface area contributed by atoms with Crippen LogP contribution in [0.3, 0.4) is 0 Å². The predicted octanol–water partition coefficient (Wildman–Crippen LogP) is 1.10. The minimum absolute atomic E-state index is 0.429. The molecule has 0 aromatic heterocycles. The molecule has 4 N–H and O–H groups in total. The molecule has 0 heterocycles. The molecular weight excluding hydrogens is 233 g/mol. The maximum atomic E-state index is 9.29. The monoisotopic (exact) mass is 245 g/mol. The molecule has 0 amide bonds. The van der Waals surface area contributed by atoms with Gasteiger partial charge >= 0.3 is 7.12 Å². The summed E-state index contributed by atoms with van der Waals surface area (Å²) in [4.78, 5) is 1.70. The standard InChI is InChI=1S/C12H12BNO2S/c14-11-8-4-7-10(13(15)16)12(11)17-9-5-2-1-3-6-9/h1-8,15-16H,14H2. The number of rotatable bonds is 3. The van der Waals surface area contributed by atoms with Crippen LogP contribution in [-0.4, -0.2) is 17.2 Å². The molecule has 0 saturated heterocycles. The van der Waals surface area contributed by atoms with Crippen molar-refractivity contribution in [3.05, 3.63) is 48.5 Å². The topological polar surface area (TPSA) is 66.5 Å². The third-order valence-electron chi connectivity index (χ3n) is 2.32. The Morgan fingerprint density at radius 3 is 2.29 bits per heavy atom. The maximum Gasteiger partial charge on any atom is 0.489 e. The Bertz CT molecular complexity index is 505. The zero-order valence-electron chi connectivity index (χ0n) is 9.08. The van der Waals surface area contributed by atoms with Crippen LogP contribution in [0.15, 0.2) is 58.3 Å². The Balaban J connectivity index is 2.38. The lowest BCUT2D eigenvalue weighted by Crippen LogP contribution is -2.31. The average Bonchev–Trinajstić information content (AvgIpc) is 2.33. The Kier molecular flexibility index (Phi) is 3.73. The molecule has 0 radical (unpaired) electrons. The van der Waals surface area contributed by atoms with Crippen molar-refractivity contribution in [1.82, 2.24) is 0 Å². The summed E-state index contributed by atoms with van der Waals surface area (Å²) in [5.41, 5.74) is 6.84. The Hall–Kier alpha value is -1.43. The SMILES string of the molecule is Nc1cccc(B(O)O)c1Sc1ccccc1. The molecule has 5 heteroatoms. The molecule has 0 saturated carbocycles. The molecule has 17 heavy (non-hydrogen) atoms. The molecule has 0 aliphatic rings. The van der Waals surface area contributed by atoms with E-state index in [1.54, 1.807) is 18.2 Å². The molecule has 0 bridgehead atoms. The highest BCUT2D eigenvalue weighted by molar-refractivity contribution is 7.99. The molecule has 0 spiro atoms. The first-order chi connectivity index (χ1) is 8.18. The van der Waals surface area contributed by atoms with Crippen molar-refractivity contribution in [2.24, 2.45) is 0 Å². The zero-order valence-corrected chi connectivity index (χ0v) is 9.89. The second-order valence-electron chi connectivity index (χ2n) is 3.55. The van der Waals surface area contributed by atoms with Gasteiger partial charge in [-0.3, -0.25) is 0 Å². The average molecular weight is 245 g/mol. The Labute approximate surface area is 104 Å². The molecular formula is C12H12BNO2S. The fraction of sp³-hybridized carbons (Fsp3) is 0. The first kappa shape index (κ1) is 12.0. The van der Waals surface area contributed by atoms with Gasteiger partial charge in [-0.1, -0.05) is 42.1 Å². The number of hydrogen-bond donors (Lipinski definition) is 3. The molecule has 2 rings (SSSR count). The highest BCUT2D eigenvalue weighted by Crippen LogP contribution is 2.30. The van der Waals surface area contributed by atoms with Crippen molar-refractivity contribution in [2.75, 3.05) is 5.73 Å². The van der Waals surface area contributed by atoms with E-state index >= 15 is 0 Å². The Morgan fingerprint density at radius 1 is 0.941 bits per heavy atom. The minimum Gasteiger partial charge on any atom is -0.423 e. The zero-order chi connectivity index (χ0) is 12.3. The molecule has 3 nitrogen and oxygen atoms in total. The summed E-state index contributed by atoms with van der Waals surface area (Å²) in [5.74, 6) is 0. The van der Waals surface area contributed by atoms with Crippen LogP contribution in [0.2, 0.25) is 0 Å². The van der Waals surface area contributed by atoms with Gasteiger partial charge in [-0.2, -0.15) is 0 Å². The van der Waals surface area contributed by atoms with Gasteiger partial charge in [-0.05, 0) is 23.7 Å². The number of benzene rings is 2. The smallest absolute Gasteiger partial charge is 0.423 e. The van der Waals surface area contributed by atoms with Gasteiger partial charge in [0.15, 0.2) is 0 Å². The van der Waals surface area contributed by atoms with Crippen LogP contribution >= 0.6 is 11.8 Å². The van der Waals surface area contributed by atoms with E-state index in [2.05, 4.69) is 0 Å². The van der Waals surface area contributed by atoms with Crippen LogP contribution < -0.4 is 11.2 Å². The van der Waals surface area contributed by atoms with E-state index in [0.29, 0.717) is 16.0 Å². The number of hydrogen-bond acceptors (Lipinski definition) is 4. The van der Waals surface area contributed by atoms with Crippen LogP contribution in [0.5, 0.6) is 0 Å². The molecule has 0 atom stereocenters. The van der Waals surface area contributed by atoms with Crippen molar-refractivity contribution in [3.8, 4) is 0 Å². The molecule has 2 aromatic carbocycles. The highest BCUT2D eigenvalue weighted by atomic mass is 32.2. The highest BCUT2D eigenvalue weighted by Gasteiger charge is 2.18. The fourth-order valence-corrected chi connectivity index (χ4v) is 2.51. The molecule has 0 aliphatic heterocycles. The Morgan fingerprint density at radius 2 is 1.65 bits per heavy atom. The van der Waals surface area contributed by atoms with E-state index in [-0.39, 0.29) is 0 Å². The van der Waals surface area contributed by atoms with Crippen molar-refractivity contribution in [1.29, 1.82) is 0 Å². The van der Waals surface area contributed by atoms with Crippen molar-refractivity contribution < 1.29 is 10.0 Å².